The van der Waals surface area contributed by atoms with Gasteiger partial charge in [-0.1, -0.05) is 30.3 Å². The molecular formula is C22H24ClNO3. The van der Waals surface area contributed by atoms with E-state index in [0.717, 1.165) is 49.8 Å². The highest BCUT2D eigenvalue weighted by Crippen LogP contribution is 2.45. The standard InChI is InChI=1S/C22H24ClNO3/c1-13-19(22(26)27-16-8-2-3-9-16)20(14-6-4-7-15(23)12-14)21-17(24-13)10-5-11-18(21)25/h4,6-7,12,16,19-20,24H,1-3,5,8-11H2. The number of benzene rings is 1. The third-order valence-corrected chi connectivity index (χ3v) is 6.07. The first kappa shape index (κ1) is 18.3. The summed E-state index contributed by atoms with van der Waals surface area (Å²) in [6, 6.07) is 7.42. The second kappa shape index (κ2) is 7.51. The Kier molecular flexibility index (Phi) is 5.09. The Morgan fingerprint density at radius 1 is 1.19 bits per heavy atom. The lowest BCUT2D eigenvalue weighted by Crippen LogP contribution is -2.41. The number of hydrogen-bond acceptors (Lipinski definition) is 4. The van der Waals surface area contributed by atoms with E-state index in [1.807, 2.05) is 18.2 Å². The summed E-state index contributed by atoms with van der Waals surface area (Å²) >= 11 is 6.22. The third kappa shape index (κ3) is 3.55. The predicted molar refractivity (Wildman–Crippen MR) is 104 cm³/mol. The number of ketones is 1. The number of carbonyl (C=O) groups excluding carboxylic acids is 2. The second-order valence-electron chi connectivity index (χ2n) is 7.67. The summed E-state index contributed by atoms with van der Waals surface area (Å²) in [5.41, 5.74) is 3.06. The van der Waals surface area contributed by atoms with Gasteiger partial charge in [0, 0.05) is 34.3 Å². The quantitative estimate of drug-likeness (QED) is 0.769. The minimum absolute atomic E-state index is 0.0252. The average molecular weight is 386 g/mol. The van der Waals surface area contributed by atoms with Crippen molar-refractivity contribution in [1.29, 1.82) is 0 Å². The summed E-state index contributed by atoms with van der Waals surface area (Å²) in [6.45, 7) is 4.12. The van der Waals surface area contributed by atoms with Crippen LogP contribution in [0.1, 0.15) is 56.4 Å². The van der Waals surface area contributed by atoms with E-state index >= 15 is 0 Å². The molecule has 4 rings (SSSR count). The van der Waals surface area contributed by atoms with Gasteiger partial charge < -0.3 is 10.1 Å². The van der Waals surface area contributed by atoms with Crippen molar-refractivity contribution in [2.75, 3.05) is 0 Å². The van der Waals surface area contributed by atoms with E-state index < -0.39 is 11.8 Å². The Bertz CT molecular complexity index is 823. The molecule has 1 aromatic rings. The molecule has 0 spiro atoms. The first-order chi connectivity index (χ1) is 13.0. The number of rotatable bonds is 3. The smallest absolute Gasteiger partial charge is 0.316 e. The molecule has 1 fully saturated rings. The van der Waals surface area contributed by atoms with Crippen LogP contribution >= 0.6 is 11.6 Å². The van der Waals surface area contributed by atoms with Crippen molar-refractivity contribution in [2.45, 2.75) is 57.0 Å². The van der Waals surface area contributed by atoms with Crippen LogP contribution < -0.4 is 5.32 Å². The van der Waals surface area contributed by atoms with Crippen LogP contribution in [0.15, 0.2) is 47.8 Å². The van der Waals surface area contributed by atoms with Crippen LogP contribution in [0.5, 0.6) is 0 Å². The van der Waals surface area contributed by atoms with Gasteiger partial charge in [0.15, 0.2) is 5.78 Å². The third-order valence-electron chi connectivity index (χ3n) is 5.83. The topological polar surface area (TPSA) is 55.4 Å². The van der Waals surface area contributed by atoms with Crippen LogP contribution in [0.4, 0.5) is 0 Å². The minimum Gasteiger partial charge on any atom is -0.462 e. The summed E-state index contributed by atoms with van der Waals surface area (Å²) in [5, 5.41) is 3.84. The molecule has 1 N–H and O–H groups in total. The zero-order chi connectivity index (χ0) is 19.0. The van der Waals surface area contributed by atoms with Gasteiger partial charge in [-0.2, -0.15) is 0 Å². The SMILES string of the molecule is C=C1NC2=C(C(=O)CCC2)C(c2cccc(Cl)c2)C1C(=O)OC1CCCC1. The van der Waals surface area contributed by atoms with Crippen molar-refractivity contribution in [3.63, 3.8) is 0 Å². The van der Waals surface area contributed by atoms with Gasteiger partial charge in [-0.15, -0.1) is 0 Å². The van der Waals surface area contributed by atoms with Crippen molar-refractivity contribution < 1.29 is 14.3 Å². The highest BCUT2D eigenvalue weighted by Gasteiger charge is 2.44. The molecule has 142 valence electrons. The van der Waals surface area contributed by atoms with Gasteiger partial charge in [0.05, 0.1) is 0 Å². The summed E-state index contributed by atoms with van der Waals surface area (Å²) in [4.78, 5) is 25.9. The number of carbonyl (C=O) groups is 2. The molecule has 1 saturated carbocycles. The zero-order valence-corrected chi connectivity index (χ0v) is 16.1. The molecule has 2 unspecified atom stereocenters. The van der Waals surface area contributed by atoms with Gasteiger partial charge in [0.2, 0.25) is 0 Å². The van der Waals surface area contributed by atoms with E-state index in [1.54, 1.807) is 6.07 Å². The maximum Gasteiger partial charge on any atom is 0.316 e. The number of allylic oxidation sites excluding steroid dienone is 2. The zero-order valence-electron chi connectivity index (χ0n) is 15.3. The lowest BCUT2D eigenvalue weighted by atomic mass is 9.71. The molecule has 0 amide bonds. The van der Waals surface area contributed by atoms with Gasteiger partial charge >= 0.3 is 5.97 Å². The number of halogens is 1. The number of hydrogen-bond donors (Lipinski definition) is 1. The Balaban J connectivity index is 1.75. The molecule has 3 aliphatic rings. The Morgan fingerprint density at radius 2 is 1.96 bits per heavy atom. The number of nitrogens with one attached hydrogen (secondary N) is 1. The molecule has 27 heavy (non-hydrogen) atoms. The Labute approximate surface area is 164 Å². The van der Waals surface area contributed by atoms with Crippen LogP contribution in [-0.2, 0) is 14.3 Å². The van der Waals surface area contributed by atoms with Crippen molar-refractivity contribution >= 4 is 23.4 Å². The largest absolute Gasteiger partial charge is 0.462 e. The molecule has 0 radical (unpaired) electrons. The van der Waals surface area contributed by atoms with Crippen molar-refractivity contribution in [2.24, 2.45) is 5.92 Å². The molecule has 0 aromatic heterocycles. The van der Waals surface area contributed by atoms with Crippen LogP contribution in [0.3, 0.4) is 0 Å². The van der Waals surface area contributed by atoms with Crippen LogP contribution in [0.2, 0.25) is 5.02 Å². The number of Topliss-reactive ketones (excluding diaryl/α,β-unsaturated/α-hetero) is 1. The Hall–Kier alpha value is -2.07. The van der Waals surface area contributed by atoms with Gasteiger partial charge in [0.1, 0.15) is 12.0 Å². The fourth-order valence-electron chi connectivity index (χ4n) is 4.58. The van der Waals surface area contributed by atoms with Crippen LogP contribution in [0, 0.1) is 5.92 Å². The Morgan fingerprint density at radius 3 is 2.70 bits per heavy atom. The van der Waals surface area contributed by atoms with Crippen LogP contribution in [-0.4, -0.2) is 17.9 Å². The molecule has 4 nitrogen and oxygen atoms in total. The molecule has 2 atom stereocenters. The van der Waals surface area contributed by atoms with E-state index in [9.17, 15) is 9.59 Å². The summed E-state index contributed by atoms with van der Waals surface area (Å²) in [5.74, 6) is -1.21. The fraction of sp³-hybridized carbons (Fsp3) is 0.455. The molecule has 0 saturated heterocycles. The first-order valence-corrected chi connectivity index (χ1v) is 10.1. The van der Waals surface area contributed by atoms with E-state index in [-0.39, 0.29) is 17.9 Å². The lowest BCUT2D eigenvalue weighted by molar-refractivity contribution is -0.153. The first-order valence-electron chi connectivity index (χ1n) is 9.72. The van der Waals surface area contributed by atoms with Crippen molar-refractivity contribution in [3.05, 3.63) is 58.4 Å². The van der Waals surface area contributed by atoms with Gasteiger partial charge in [-0.05, 0) is 56.2 Å². The minimum atomic E-state index is -0.620. The molecule has 5 heteroatoms. The average Bonchev–Trinajstić information content (AvgIpc) is 3.13. The highest BCUT2D eigenvalue weighted by atomic mass is 35.5. The summed E-state index contributed by atoms with van der Waals surface area (Å²) in [7, 11) is 0. The number of esters is 1. The van der Waals surface area contributed by atoms with E-state index in [0.29, 0.717) is 22.7 Å². The fourth-order valence-corrected chi connectivity index (χ4v) is 4.77. The molecule has 1 heterocycles. The molecule has 1 aromatic carbocycles. The molecule has 2 aliphatic carbocycles. The predicted octanol–water partition coefficient (Wildman–Crippen LogP) is 4.65. The van der Waals surface area contributed by atoms with Gasteiger partial charge in [-0.3, -0.25) is 9.59 Å². The monoisotopic (exact) mass is 385 g/mol. The maximum atomic E-state index is 13.1. The van der Waals surface area contributed by atoms with Crippen LogP contribution in [0.25, 0.3) is 0 Å². The highest BCUT2D eigenvalue weighted by molar-refractivity contribution is 6.30. The van der Waals surface area contributed by atoms with E-state index in [1.165, 1.54) is 0 Å². The van der Waals surface area contributed by atoms with E-state index in [2.05, 4.69) is 11.9 Å². The van der Waals surface area contributed by atoms with E-state index in [4.69, 9.17) is 16.3 Å². The molecule has 0 bridgehead atoms. The molecular weight excluding hydrogens is 362 g/mol. The molecule has 1 aliphatic heterocycles. The number of ether oxygens (including phenoxy) is 1. The van der Waals surface area contributed by atoms with Crippen molar-refractivity contribution in [3.8, 4) is 0 Å². The summed E-state index contributed by atoms with van der Waals surface area (Å²) in [6.07, 6.45) is 6.09. The van der Waals surface area contributed by atoms with Crippen molar-refractivity contribution in [1.82, 2.24) is 5.32 Å². The lowest BCUT2D eigenvalue weighted by Gasteiger charge is -2.38. The van der Waals surface area contributed by atoms with Gasteiger partial charge in [0.25, 0.3) is 0 Å². The summed E-state index contributed by atoms with van der Waals surface area (Å²) < 4.78 is 5.81. The normalized spacial score (nSPS) is 26.0. The second-order valence-corrected chi connectivity index (χ2v) is 8.11. The van der Waals surface area contributed by atoms with Gasteiger partial charge in [-0.25, -0.2) is 0 Å². The maximum absolute atomic E-state index is 13.1.